The second kappa shape index (κ2) is 6.33. The number of carbonyl (C=O) groups excluding carboxylic acids is 1. The van der Waals surface area contributed by atoms with E-state index >= 15 is 0 Å². The third-order valence-electron chi connectivity index (χ3n) is 2.72. The zero-order valence-electron chi connectivity index (χ0n) is 11.1. The predicted octanol–water partition coefficient (Wildman–Crippen LogP) is 3.59. The zero-order chi connectivity index (χ0) is 15.4. The van der Waals surface area contributed by atoms with Gasteiger partial charge in [-0.15, -0.1) is 0 Å². The quantitative estimate of drug-likeness (QED) is 0.642. The highest BCUT2D eigenvalue weighted by Crippen LogP contribution is 2.26. The summed E-state index contributed by atoms with van der Waals surface area (Å²) in [5.74, 6) is -1.04. The monoisotopic (exact) mass is 304 g/mol. The molecule has 0 N–H and O–H groups in total. The first-order valence-electron chi connectivity index (χ1n) is 6.10. The van der Waals surface area contributed by atoms with Gasteiger partial charge in [0.15, 0.2) is 0 Å². The number of ether oxygens (including phenoxy) is 1. The number of esters is 1. The van der Waals surface area contributed by atoms with Crippen LogP contribution in [-0.2, 0) is 4.74 Å². The van der Waals surface area contributed by atoms with Gasteiger partial charge in [0.25, 0.3) is 0 Å². The highest BCUT2D eigenvalue weighted by atomic mass is 35.5. The molecule has 0 radical (unpaired) electrons. The van der Waals surface area contributed by atoms with Gasteiger partial charge in [0.05, 0.1) is 17.9 Å². The van der Waals surface area contributed by atoms with Crippen molar-refractivity contribution in [2.75, 3.05) is 6.61 Å². The van der Waals surface area contributed by atoms with E-state index in [9.17, 15) is 9.18 Å². The van der Waals surface area contributed by atoms with E-state index in [1.165, 1.54) is 30.3 Å². The molecule has 1 aromatic carbocycles. The molecule has 0 bridgehead atoms. The molecule has 0 aliphatic carbocycles. The minimum absolute atomic E-state index is 0.0404. The van der Waals surface area contributed by atoms with Gasteiger partial charge in [-0.2, -0.15) is 5.26 Å². The van der Waals surface area contributed by atoms with Gasteiger partial charge in [-0.05, 0) is 37.3 Å². The summed E-state index contributed by atoms with van der Waals surface area (Å²) in [6.45, 7) is 1.84. The van der Waals surface area contributed by atoms with Crippen LogP contribution in [0.5, 0.6) is 0 Å². The molecule has 2 rings (SSSR count). The minimum atomic E-state index is -0.651. The highest BCUT2D eigenvalue weighted by molar-refractivity contribution is 6.31. The topological polar surface area (TPSA) is 63.0 Å². The van der Waals surface area contributed by atoms with Crippen molar-refractivity contribution in [3.8, 4) is 17.3 Å². The fourth-order valence-electron chi connectivity index (χ4n) is 1.76. The molecular formula is C15H10ClFN2O2. The molecule has 106 valence electrons. The number of halogens is 2. The lowest BCUT2D eigenvalue weighted by Crippen LogP contribution is -2.08. The van der Waals surface area contributed by atoms with E-state index in [0.717, 1.165) is 0 Å². The smallest absolute Gasteiger partial charge is 0.339 e. The van der Waals surface area contributed by atoms with Crippen molar-refractivity contribution in [3.05, 3.63) is 52.4 Å². The summed E-state index contributed by atoms with van der Waals surface area (Å²) in [6, 6.07) is 8.81. The Bertz CT molecular complexity index is 724. The minimum Gasteiger partial charge on any atom is -0.462 e. The Morgan fingerprint density at radius 3 is 2.67 bits per heavy atom. The van der Waals surface area contributed by atoms with Crippen molar-refractivity contribution in [1.29, 1.82) is 5.26 Å². The maximum Gasteiger partial charge on any atom is 0.339 e. The Morgan fingerprint density at radius 2 is 2.10 bits per heavy atom. The molecule has 0 saturated heterocycles. The molecule has 0 atom stereocenters. The number of rotatable bonds is 3. The van der Waals surface area contributed by atoms with E-state index in [0.29, 0.717) is 11.3 Å². The molecule has 1 heterocycles. The van der Waals surface area contributed by atoms with Crippen LogP contribution in [-0.4, -0.2) is 17.6 Å². The number of nitrogens with zero attached hydrogens (tertiary/aromatic N) is 2. The average Bonchev–Trinajstić information content (AvgIpc) is 2.47. The fraction of sp³-hybridized carbons (Fsp3) is 0.133. The summed E-state index contributed by atoms with van der Waals surface area (Å²) >= 11 is 5.94. The molecule has 0 unspecified atom stereocenters. The van der Waals surface area contributed by atoms with Crippen molar-refractivity contribution in [1.82, 2.24) is 4.98 Å². The highest BCUT2D eigenvalue weighted by Gasteiger charge is 2.19. The molecule has 4 nitrogen and oxygen atoms in total. The molecule has 0 aliphatic rings. The third kappa shape index (κ3) is 3.18. The van der Waals surface area contributed by atoms with E-state index in [-0.39, 0.29) is 28.7 Å². The summed E-state index contributed by atoms with van der Waals surface area (Å²) in [4.78, 5) is 16.0. The van der Waals surface area contributed by atoms with Crippen LogP contribution in [0.2, 0.25) is 5.15 Å². The Hall–Kier alpha value is -2.45. The van der Waals surface area contributed by atoms with Crippen molar-refractivity contribution in [2.24, 2.45) is 0 Å². The second-order valence-electron chi connectivity index (χ2n) is 4.06. The van der Waals surface area contributed by atoms with E-state index < -0.39 is 5.97 Å². The van der Waals surface area contributed by atoms with Gasteiger partial charge >= 0.3 is 5.97 Å². The van der Waals surface area contributed by atoms with Gasteiger partial charge in [0.1, 0.15) is 22.6 Å². The molecule has 0 fully saturated rings. The van der Waals surface area contributed by atoms with Crippen LogP contribution in [0.4, 0.5) is 4.39 Å². The standard InChI is InChI=1S/C15H10ClFN2O2/c1-2-21-15(20)11-7-13(19-14(16)12(11)8-18)9-3-5-10(17)6-4-9/h3-7H,2H2,1H3. The van der Waals surface area contributed by atoms with Crippen LogP contribution < -0.4 is 0 Å². The van der Waals surface area contributed by atoms with E-state index in [1.807, 2.05) is 6.07 Å². The van der Waals surface area contributed by atoms with Gasteiger partial charge in [-0.1, -0.05) is 11.6 Å². The van der Waals surface area contributed by atoms with Gasteiger partial charge in [0, 0.05) is 5.56 Å². The van der Waals surface area contributed by atoms with Crippen LogP contribution >= 0.6 is 11.6 Å². The third-order valence-corrected chi connectivity index (χ3v) is 3.00. The predicted molar refractivity (Wildman–Crippen MR) is 75.3 cm³/mol. The van der Waals surface area contributed by atoms with Crippen LogP contribution in [0.25, 0.3) is 11.3 Å². The first-order valence-corrected chi connectivity index (χ1v) is 6.48. The molecule has 0 spiro atoms. The summed E-state index contributed by atoms with van der Waals surface area (Å²) in [6.07, 6.45) is 0. The lowest BCUT2D eigenvalue weighted by molar-refractivity contribution is 0.0526. The van der Waals surface area contributed by atoms with Crippen LogP contribution in [0, 0.1) is 17.1 Å². The lowest BCUT2D eigenvalue weighted by atomic mass is 10.1. The number of carbonyl (C=O) groups is 1. The van der Waals surface area contributed by atoms with Gasteiger partial charge < -0.3 is 4.74 Å². The van der Waals surface area contributed by atoms with Crippen molar-refractivity contribution in [2.45, 2.75) is 6.92 Å². The molecule has 0 amide bonds. The van der Waals surface area contributed by atoms with Crippen LogP contribution in [0.3, 0.4) is 0 Å². The van der Waals surface area contributed by atoms with Crippen molar-refractivity contribution in [3.63, 3.8) is 0 Å². The summed E-state index contributed by atoms with van der Waals surface area (Å²) in [5.41, 5.74) is 0.940. The largest absolute Gasteiger partial charge is 0.462 e. The second-order valence-corrected chi connectivity index (χ2v) is 4.42. The van der Waals surface area contributed by atoms with E-state index in [1.54, 1.807) is 6.92 Å². The molecule has 6 heteroatoms. The van der Waals surface area contributed by atoms with Gasteiger partial charge in [0.2, 0.25) is 0 Å². The SMILES string of the molecule is CCOC(=O)c1cc(-c2ccc(F)cc2)nc(Cl)c1C#N. The normalized spacial score (nSPS) is 10.0. The molecule has 1 aromatic heterocycles. The Balaban J connectivity index is 2.57. The number of hydrogen-bond donors (Lipinski definition) is 0. The Morgan fingerprint density at radius 1 is 1.43 bits per heavy atom. The summed E-state index contributed by atoms with van der Waals surface area (Å²) in [5, 5.41) is 8.99. The summed E-state index contributed by atoms with van der Waals surface area (Å²) in [7, 11) is 0. The number of pyridine rings is 1. The molecule has 21 heavy (non-hydrogen) atoms. The van der Waals surface area contributed by atoms with E-state index in [2.05, 4.69) is 4.98 Å². The van der Waals surface area contributed by atoms with Gasteiger partial charge in [-0.3, -0.25) is 0 Å². The average molecular weight is 305 g/mol. The molecule has 2 aromatic rings. The lowest BCUT2D eigenvalue weighted by Gasteiger charge is -2.08. The number of aromatic nitrogens is 1. The molecule has 0 saturated carbocycles. The maximum absolute atomic E-state index is 12.9. The first-order chi connectivity index (χ1) is 10.1. The zero-order valence-corrected chi connectivity index (χ0v) is 11.8. The Kier molecular flexibility index (Phi) is 4.51. The number of benzene rings is 1. The van der Waals surface area contributed by atoms with Gasteiger partial charge in [-0.25, -0.2) is 14.2 Å². The van der Waals surface area contributed by atoms with Crippen molar-refractivity contribution < 1.29 is 13.9 Å². The molecule has 0 aliphatic heterocycles. The number of hydrogen-bond acceptors (Lipinski definition) is 4. The first kappa shape index (κ1) is 14.9. The number of nitriles is 1. The van der Waals surface area contributed by atoms with Crippen LogP contribution in [0.1, 0.15) is 22.8 Å². The fourth-order valence-corrected chi connectivity index (χ4v) is 1.99. The molecular weight excluding hydrogens is 295 g/mol. The summed E-state index contributed by atoms with van der Waals surface area (Å²) < 4.78 is 17.8. The van der Waals surface area contributed by atoms with E-state index in [4.69, 9.17) is 21.6 Å². The Labute approximate surface area is 125 Å². The van der Waals surface area contributed by atoms with Crippen LogP contribution in [0.15, 0.2) is 30.3 Å². The maximum atomic E-state index is 12.9. The van der Waals surface area contributed by atoms with Crippen molar-refractivity contribution >= 4 is 17.6 Å².